The molecule has 1 atom stereocenters. The third-order valence-electron chi connectivity index (χ3n) is 6.52. The van der Waals surface area contributed by atoms with Crippen molar-refractivity contribution in [2.45, 2.75) is 38.0 Å². The molecule has 0 spiro atoms. The molecule has 0 N–H and O–H groups in total. The molecule has 2 aromatic carbocycles. The summed E-state index contributed by atoms with van der Waals surface area (Å²) >= 11 is 0. The monoisotopic (exact) mass is 483 g/mol. The summed E-state index contributed by atoms with van der Waals surface area (Å²) in [6.45, 7) is 4.11. The van der Waals surface area contributed by atoms with Crippen LogP contribution < -0.4 is 14.2 Å². The van der Waals surface area contributed by atoms with Crippen molar-refractivity contribution < 1.29 is 23.3 Å². The molecule has 4 rings (SSSR count). The third-order valence-corrected chi connectivity index (χ3v) is 6.52. The average molecular weight is 484 g/mol. The molecule has 0 saturated carbocycles. The van der Waals surface area contributed by atoms with E-state index in [0.29, 0.717) is 25.5 Å². The van der Waals surface area contributed by atoms with Crippen molar-refractivity contribution in [2.75, 3.05) is 40.5 Å². The number of benzene rings is 2. The number of rotatable bonds is 11. The molecular formula is C27H34FN3O4. The van der Waals surface area contributed by atoms with Gasteiger partial charge in [0.25, 0.3) is 0 Å². The number of para-hydroxylation sites is 1. The predicted molar refractivity (Wildman–Crippen MR) is 131 cm³/mol. The van der Waals surface area contributed by atoms with E-state index in [0.717, 1.165) is 50.2 Å². The number of aromatic nitrogens is 2. The maximum Gasteiger partial charge on any atom is 0.165 e. The molecule has 3 aromatic rings. The van der Waals surface area contributed by atoms with E-state index >= 15 is 0 Å². The van der Waals surface area contributed by atoms with Crippen LogP contribution in [0.15, 0.2) is 60.9 Å². The Bertz CT molecular complexity index is 1060. The predicted octanol–water partition coefficient (Wildman–Crippen LogP) is 4.56. The van der Waals surface area contributed by atoms with Gasteiger partial charge in [-0.3, -0.25) is 9.58 Å². The summed E-state index contributed by atoms with van der Waals surface area (Å²) in [6.07, 6.45) is 6.31. The topological polar surface area (TPSA) is 58.0 Å². The molecule has 2 heterocycles. The lowest BCUT2D eigenvalue weighted by Crippen LogP contribution is -2.39. The first-order valence-electron chi connectivity index (χ1n) is 12.0. The Morgan fingerprint density at radius 3 is 2.63 bits per heavy atom. The van der Waals surface area contributed by atoms with Crippen molar-refractivity contribution in [3.63, 3.8) is 0 Å². The number of halogens is 1. The van der Waals surface area contributed by atoms with Crippen LogP contribution >= 0.6 is 0 Å². The van der Waals surface area contributed by atoms with Gasteiger partial charge in [-0.2, -0.15) is 5.10 Å². The highest BCUT2D eigenvalue weighted by Gasteiger charge is 2.34. The van der Waals surface area contributed by atoms with Crippen molar-refractivity contribution in [3.05, 3.63) is 72.3 Å². The number of hydrogen-bond acceptors (Lipinski definition) is 6. The highest BCUT2D eigenvalue weighted by molar-refractivity contribution is 5.43. The first-order valence-corrected chi connectivity index (χ1v) is 12.0. The van der Waals surface area contributed by atoms with E-state index < -0.39 is 5.60 Å². The maximum absolute atomic E-state index is 14.0. The van der Waals surface area contributed by atoms with Crippen LogP contribution in [0.1, 0.15) is 24.8 Å². The third kappa shape index (κ3) is 6.74. The van der Waals surface area contributed by atoms with Crippen molar-refractivity contribution in [3.8, 4) is 17.2 Å². The van der Waals surface area contributed by atoms with E-state index in [4.69, 9.17) is 18.9 Å². The number of hydrogen-bond donors (Lipinski definition) is 0. The van der Waals surface area contributed by atoms with Gasteiger partial charge in [0.2, 0.25) is 0 Å². The van der Waals surface area contributed by atoms with Crippen LogP contribution in [0.5, 0.6) is 17.2 Å². The number of ether oxygens (including phenoxy) is 4. The van der Waals surface area contributed by atoms with E-state index in [-0.39, 0.29) is 11.6 Å². The fraction of sp³-hybridized carbons (Fsp3) is 0.444. The highest BCUT2D eigenvalue weighted by Crippen LogP contribution is 2.31. The molecule has 1 aliphatic heterocycles. The Morgan fingerprint density at radius 2 is 1.86 bits per heavy atom. The van der Waals surface area contributed by atoms with Gasteiger partial charge in [-0.25, -0.2) is 4.39 Å². The molecule has 0 bridgehead atoms. The summed E-state index contributed by atoms with van der Waals surface area (Å²) in [5.41, 5.74) is 0.727. The normalized spacial score (nSPS) is 18.7. The summed E-state index contributed by atoms with van der Waals surface area (Å²) in [6, 6.07) is 14.5. The van der Waals surface area contributed by atoms with Gasteiger partial charge in [0.15, 0.2) is 23.1 Å². The molecule has 1 fully saturated rings. The summed E-state index contributed by atoms with van der Waals surface area (Å²) < 4.78 is 39.1. The largest absolute Gasteiger partial charge is 0.493 e. The smallest absolute Gasteiger partial charge is 0.165 e. The van der Waals surface area contributed by atoms with Gasteiger partial charge < -0.3 is 18.9 Å². The lowest BCUT2D eigenvalue weighted by Gasteiger charge is -2.31. The number of nitrogens with zero attached hydrogens (tertiary/aromatic N) is 3. The van der Waals surface area contributed by atoms with Gasteiger partial charge in [0.1, 0.15) is 18.8 Å². The lowest BCUT2D eigenvalue weighted by molar-refractivity contribution is -0.0548. The van der Waals surface area contributed by atoms with E-state index in [1.807, 2.05) is 23.0 Å². The molecule has 0 radical (unpaired) electrons. The second-order valence-electron chi connectivity index (χ2n) is 8.84. The van der Waals surface area contributed by atoms with E-state index in [1.165, 1.54) is 6.07 Å². The average Bonchev–Trinajstić information content (AvgIpc) is 3.31. The minimum Gasteiger partial charge on any atom is -0.493 e. The first-order chi connectivity index (χ1) is 17.1. The van der Waals surface area contributed by atoms with E-state index in [2.05, 4.69) is 22.1 Å². The van der Waals surface area contributed by atoms with E-state index in [1.54, 1.807) is 38.6 Å². The Morgan fingerprint density at radius 1 is 0.971 bits per heavy atom. The molecule has 35 heavy (non-hydrogen) atoms. The number of methoxy groups -OCH3 is 2. The van der Waals surface area contributed by atoms with Gasteiger partial charge in [0.05, 0.1) is 13.7 Å². The van der Waals surface area contributed by atoms with Crippen LogP contribution in [-0.2, 0) is 17.8 Å². The van der Waals surface area contributed by atoms with Gasteiger partial charge >= 0.3 is 0 Å². The molecule has 0 aliphatic carbocycles. The molecular weight excluding hydrogens is 449 g/mol. The SMILES string of the molecule is COc1ccc(CN2CCCC(COc3ccccc3F)(OC)CC2)cc1OCCn1cccn1. The van der Waals surface area contributed by atoms with E-state index in [9.17, 15) is 4.39 Å². The fourth-order valence-electron chi connectivity index (χ4n) is 4.43. The zero-order valence-electron chi connectivity index (χ0n) is 20.5. The summed E-state index contributed by atoms with van der Waals surface area (Å²) in [4.78, 5) is 2.42. The molecule has 188 valence electrons. The molecule has 1 unspecified atom stereocenters. The Balaban J connectivity index is 1.34. The molecule has 8 heteroatoms. The summed E-state index contributed by atoms with van der Waals surface area (Å²) in [5, 5.41) is 4.21. The van der Waals surface area contributed by atoms with Crippen LogP contribution in [0.4, 0.5) is 4.39 Å². The van der Waals surface area contributed by atoms with Crippen molar-refractivity contribution >= 4 is 0 Å². The lowest BCUT2D eigenvalue weighted by atomic mass is 9.95. The molecule has 7 nitrogen and oxygen atoms in total. The van der Waals surface area contributed by atoms with Crippen molar-refractivity contribution in [1.82, 2.24) is 14.7 Å². The second kappa shape index (κ2) is 12.0. The van der Waals surface area contributed by atoms with Crippen LogP contribution in [0, 0.1) is 5.82 Å². The van der Waals surface area contributed by atoms with Gasteiger partial charge in [-0.1, -0.05) is 18.2 Å². The zero-order chi connectivity index (χ0) is 24.5. The maximum atomic E-state index is 14.0. The van der Waals surface area contributed by atoms with Crippen molar-refractivity contribution in [1.29, 1.82) is 0 Å². The molecule has 1 aromatic heterocycles. The Kier molecular flexibility index (Phi) is 8.60. The molecule has 1 saturated heterocycles. The Labute approximate surface area is 206 Å². The highest BCUT2D eigenvalue weighted by atomic mass is 19.1. The van der Waals surface area contributed by atoms with Crippen LogP contribution in [0.2, 0.25) is 0 Å². The van der Waals surface area contributed by atoms with Crippen LogP contribution in [-0.4, -0.2) is 60.8 Å². The second-order valence-corrected chi connectivity index (χ2v) is 8.84. The minimum absolute atomic E-state index is 0.267. The summed E-state index contributed by atoms with van der Waals surface area (Å²) in [5.74, 6) is 1.37. The van der Waals surface area contributed by atoms with Gasteiger partial charge in [-0.05, 0) is 61.7 Å². The first kappa shape index (κ1) is 25.0. The Hall–Kier alpha value is -3.10. The molecule has 0 amide bonds. The number of likely N-dealkylation sites (tertiary alicyclic amines) is 1. The minimum atomic E-state index is -0.433. The zero-order valence-corrected chi connectivity index (χ0v) is 20.5. The fourth-order valence-corrected chi connectivity index (χ4v) is 4.43. The van der Waals surface area contributed by atoms with Gasteiger partial charge in [-0.15, -0.1) is 0 Å². The van der Waals surface area contributed by atoms with Crippen molar-refractivity contribution in [2.24, 2.45) is 0 Å². The molecule has 1 aliphatic rings. The standard InChI is InChI=1S/C27H34FN3O4/c1-32-25-10-9-22(19-26(25)34-18-17-31-15-6-13-29-31)20-30-14-5-11-27(33-2,12-16-30)21-35-24-8-4-3-7-23(24)28/h3-4,6-10,13,15,19H,5,11-12,14,16-18,20-21H2,1-2H3. The van der Waals surface area contributed by atoms with Gasteiger partial charge in [0, 0.05) is 32.6 Å². The van der Waals surface area contributed by atoms with Crippen LogP contribution in [0.25, 0.3) is 0 Å². The quantitative estimate of drug-likeness (QED) is 0.399. The van der Waals surface area contributed by atoms with Crippen LogP contribution in [0.3, 0.4) is 0 Å². The summed E-state index contributed by atoms with van der Waals surface area (Å²) in [7, 11) is 3.37.